The molecule has 1 aliphatic heterocycles. The van der Waals surface area contributed by atoms with Crippen LogP contribution in [0.1, 0.15) is 0 Å². The third-order valence-electron chi connectivity index (χ3n) is 1.62. The number of carboxylic acids is 1. The molecule has 0 radical (unpaired) electrons. The van der Waals surface area contributed by atoms with Crippen LogP contribution in [0.3, 0.4) is 0 Å². The van der Waals surface area contributed by atoms with E-state index in [1.165, 1.54) is 0 Å². The van der Waals surface area contributed by atoms with Crippen molar-refractivity contribution < 1.29 is 24.6 Å². The number of aliphatic hydroxyl groups is 1. The minimum atomic E-state index is -0.970. The molecule has 6 N–H and O–H groups in total. The van der Waals surface area contributed by atoms with Crippen molar-refractivity contribution in [2.24, 2.45) is 16.5 Å². The molecule has 0 saturated heterocycles. The first-order valence-corrected chi connectivity index (χ1v) is 4.58. The molecule has 1 heterocycles. The Balaban J connectivity index is 0.000000437. The van der Waals surface area contributed by atoms with E-state index in [0.29, 0.717) is 0 Å². The zero-order valence-electron chi connectivity index (χ0n) is 8.94. The number of amides is 2. The van der Waals surface area contributed by atoms with Gasteiger partial charge in [0.05, 0.1) is 13.2 Å². The Morgan fingerprint density at radius 1 is 1.59 bits per heavy atom. The van der Waals surface area contributed by atoms with Crippen LogP contribution in [0.25, 0.3) is 0 Å². The number of carboxylic acid groups (broad SMARTS) is 1. The zero-order chi connectivity index (χ0) is 13.4. The lowest BCUT2D eigenvalue weighted by atomic mass is 10.3. The number of carbonyl (C=O) groups is 3. The molecule has 0 unspecified atom stereocenters. The van der Waals surface area contributed by atoms with Crippen LogP contribution in [0, 0.1) is 0 Å². The lowest BCUT2D eigenvalue weighted by molar-refractivity contribution is -0.135. The number of hydrogen-bond acceptors (Lipinski definition) is 6. The average Bonchev–Trinajstić information content (AvgIpc) is 2.74. The maximum absolute atomic E-state index is 11.1. The molecule has 0 fully saturated rings. The largest absolute Gasteiger partial charge is 0.480 e. The molecule has 0 spiro atoms. The van der Waals surface area contributed by atoms with E-state index in [0.717, 1.165) is 11.2 Å². The smallest absolute Gasteiger partial charge is 0.317 e. The summed E-state index contributed by atoms with van der Waals surface area (Å²) in [6, 6.07) is -0.970. The van der Waals surface area contributed by atoms with Crippen LogP contribution in [-0.4, -0.2) is 65.0 Å². The number of nitrogens with two attached hydrogens (primary N) is 2. The van der Waals surface area contributed by atoms with E-state index < -0.39 is 24.5 Å². The van der Waals surface area contributed by atoms with Crippen LogP contribution in [-0.2, 0) is 14.4 Å². The molecule has 9 nitrogen and oxygen atoms in total. The summed E-state index contributed by atoms with van der Waals surface area (Å²) in [6.45, 7) is -0.788. The Kier molecular flexibility index (Phi) is 6.63. The van der Waals surface area contributed by atoms with Crippen molar-refractivity contribution in [1.29, 1.82) is 0 Å². The van der Waals surface area contributed by atoms with Gasteiger partial charge in [-0.25, -0.2) is 4.99 Å². The Labute approximate surface area is 96.7 Å². The fourth-order valence-electron chi connectivity index (χ4n) is 0.787. The predicted molar refractivity (Wildman–Crippen MR) is 57.0 cm³/mol. The van der Waals surface area contributed by atoms with Gasteiger partial charge in [-0.15, -0.1) is 0 Å². The Morgan fingerprint density at radius 2 is 2.12 bits per heavy atom. The molecule has 0 aromatic heterocycles. The van der Waals surface area contributed by atoms with Gasteiger partial charge in [0, 0.05) is 0 Å². The number of aliphatic carboxylic acids is 1. The van der Waals surface area contributed by atoms with Crippen LogP contribution in [0.15, 0.2) is 4.99 Å². The van der Waals surface area contributed by atoms with Gasteiger partial charge in [0.2, 0.25) is 5.91 Å². The number of rotatable bonds is 3. The van der Waals surface area contributed by atoms with E-state index in [9.17, 15) is 14.4 Å². The van der Waals surface area contributed by atoms with Crippen LogP contribution < -0.4 is 11.5 Å². The molecule has 0 aliphatic carbocycles. The van der Waals surface area contributed by atoms with E-state index in [2.05, 4.69) is 10.7 Å². The standard InChI is InChI=1S/C6H9N3O3.C2H5NO2/c7-4(2-10)6(12)9-1-5(11)8-3-9;3-1-2(4)5/h3-4,10H,1-2,7H2;1,3H2,(H,4,5)/t4-;/m0./s1. The minimum absolute atomic E-state index is 0.0769. The molecule has 17 heavy (non-hydrogen) atoms. The van der Waals surface area contributed by atoms with Crippen LogP contribution >= 0.6 is 0 Å². The van der Waals surface area contributed by atoms with Gasteiger partial charge in [-0.1, -0.05) is 0 Å². The van der Waals surface area contributed by atoms with Gasteiger partial charge in [0.1, 0.15) is 18.9 Å². The molecular weight excluding hydrogens is 232 g/mol. The molecule has 1 aliphatic rings. The maximum Gasteiger partial charge on any atom is 0.317 e. The third-order valence-corrected chi connectivity index (χ3v) is 1.62. The molecule has 96 valence electrons. The van der Waals surface area contributed by atoms with Gasteiger partial charge in [-0.05, 0) is 0 Å². The van der Waals surface area contributed by atoms with Crippen molar-refractivity contribution in [3.63, 3.8) is 0 Å². The molecule has 1 rings (SSSR count). The minimum Gasteiger partial charge on any atom is -0.480 e. The van der Waals surface area contributed by atoms with Crippen molar-refractivity contribution in [2.45, 2.75) is 6.04 Å². The lowest BCUT2D eigenvalue weighted by Gasteiger charge is -2.14. The summed E-state index contributed by atoms with van der Waals surface area (Å²) in [5, 5.41) is 16.1. The highest BCUT2D eigenvalue weighted by Crippen LogP contribution is 1.97. The first kappa shape index (κ1) is 15.2. The molecule has 1 atom stereocenters. The fourth-order valence-corrected chi connectivity index (χ4v) is 0.787. The molecule has 9 heteroatoms. The van der Waals surface area contributed by atoms with E-state index in [4.69, 9.17) is 15.9 Å². The molecule has 0 aromatic carbocycles. The van der Waals surface area contributed by atoms with Crippen molar-refractivity contribution in [2.75, 3.05) is 19.7 Å². The van der Waals surface area contributed by atoms with Crippen molar-refractivity contribution in [3.8, 4) is 0 Å². The summed E-state index contributed by atoms with van der Waals surface area (Å²) in [5.41, 5.74) is 9.80. The van der Waals surface area contributed by atoms with Gasteiger partial charge in [0.25, 0.3) is 5.91 Å². The van der Waals surface area contributed by atoms with Crippen molar-refractivity contribution in [3.05, 3.63) is 0 Å². The molecule has 2 amide bonds. The average molecular weight is 246 g/mol. The van der Waals surface area contributed by atoms with Gasteiger partial charge in [-0.3, -0.25) is 19.3 Å². The summed E-state index contributed by atoms with van der Waals surface area (Å²) in [5.74, 6) is -1.84. The highest BCUT2D eigenvalue weighted by Gasteiger charge is 2.24. The first-order chi connectivity index (χ1) is 7.92. The van der Waals surface area contributed by atoms with Crippen LogP contribution in [0.4, 0.5) is 0 Å². The highest BCUT2D eigenvalue weighted by molar-refractivity contribution is 6.02. The zero-order valence-corrected chi connectivity index (χ0v) is 8.94. The molecule has 0 aromatic rings. The van der Waals surface area contributed by atoms with Crippen LogP contribution in [0.5, 0.6) is 0 Å². The van der Waals surface area contributed by atoms with E-state index in [1.807, 2.05) is 0 Å². The topological polar surface area (TPSA) is 159 Å². The third kappa shape index (κ3) is 5.70. The Morgan fingerprint density at radius 3 is 2.41 bits per heavy atom. The van der Waals surface area contributed by atoms with Gasteiger partial charge < -0.3 is 21.7 Å². The van der Waals surface area contributed by atoms with Gasteiger partial charge in [-0.2, -0.15) is 0 Å². The predicted octanol–water partition coefficient (Wildman–Crippen LogP) is -3.27. The molecule has 0 bridgehead atoms. The summed E-state index contributed by atoms with van der Waals surface area (Å²) in [4.78, 5) is 35.4. The highest BCUT2D eigenvalue weighted by atomic mass is 16.4. The number of aliphatic hydroxyl groups excluding tert-OH is 1. The Bertz CT molecular complexity index is 330. The van der Waals surface area contributed by atoms with Crippen molar-refractivity contribution >= 4 is 24.1 Å². The van der Waals surface area contributed by atoms with Crippen molar-refractivity contribution in [1.82, 2.24) is 4.90 Å². The van der Waals surface area contributed by atoms with Gasteiger partial charge in [0.15, 0.2) is 0 Å². The molecule has 0 saturated carbocycles. The quantitative estimate of drug-likeness (QED) is 0.406. The SMILES string of the molecule is NCC(=O)O.N[C@@H](CO)C(=O)N1C=NC(=O)C1. The second-order valence-corrected chi connectivity index (χ2v) is 2.99. The number of aliphatic imine (C=N–C) groups is 1. The second kappa shape index (κ2) is 7.44. The second-order valence-electron chi connectivity index (χ2n) is 2.99. The number of nitrogens with zero attached hydrogens (tertiary/aromatic N) is 2. The Hall–Kier alpha value is -1.84. The summed E-state index contributed by atoms with van der Waals surface area (Å²) in [6.07, 6.45) is 1.13. The van der Waals surface area contributed by atoms with E-state index >= 15 is 0 Å². The van der Waals surface area contributed by atoms with Gasteiger partial charge >= 0.3 is 5.97 Å². The van der Waals surface area contributed by atoms with Crippen LogP contribution in [0.2, 0.25) is 0 Å². The maximum atomic E-state index is 11.1. The summed E-state index contributed by atoms with van der Waals surface area (Å²) in [7, 11) is 0. The fraction of sp³-hybridized carbons (Fsp3) is 0.500. The number of carbonyl (C=O) groups excluding carboxylic acids is 2. The molecular formula is C8H14N4O5. The number of hydrogen-bond donors (Lipinski definition) is 4. The normalized spacial score (nSPS) is 15.2. The monoisotopic (exact) mass is 246 g/mol. The van der Waals surface area contributed by atoms with E-state index in [1.54, 1.807) is 0 Å². The lowest BCUT2D eigenvalue weighted by Crippen LogP contribution is -2.44. The summed E-state index contributed by atoms with van der Waals surface area (Å²) >= 11 is 0. The first-order valence-electron chi connectivity index (χ1n) is 4.58. The summed E-state index contributed by atoms with van der Waals surface area (Å²) < 4.78 is 0. The van der Waals surface area contributed by atoms with E-state index in [-0.39, 0.29) is 19.0 Å².